The highest BCUT2D eigenvalue weighted by atomic mass is 79.9. The maximum atomic E-state index is 6.37. The number of aryl methyl sites for hydroxylation is 3. The fourth-order valence-electron chi connectivity index (χ4n) is 2.10. The van der Waals surface area contributed by atoms with Gasteiger partial charge in [0.1, 0.15) is 0 Å². The molecule has 2 aromatic carbocycles. The van der Waals surface area contributed by atoms with Gasteiger partial charge in [-0.05, 0) is 54.2 Å². The van der Waals surface area contributed by atoms with Gasteiger partial charge in [-0.1, -0.05) is 64.8 Å². The third kappa shape index (κ3) is 3.21. The Morgan fingerprint density at radius 1 is 1.05 bits per heavy atom. The third-order valence-electron chi connectivity index (χ3n) is 3.57. The number of rotatable bonds is 3. The molecule has 0 saturated carbocycles. The van der Waals surface area contributed by atoms with Gasteiger partial charge in [0.05, 0.1) is 4.83 Å². The lowest BCUT2D eigenvalue weighted by Gasteiger charge is -2.15. The summed E-state index contributed by atoms with van der Waals surface area (Å²) in [6.07, 6.45) is 1.07. The molecule has 0 spiro atoms. The van der Waals surface area contributed by atoms with Gasteiger partial charge in [0.15, 0.2) is 0 Å². The van der Waals surface area contributed by atoms with E-state index in [-0.39, 0.29) is 4.83 Å². The summed E-state index contributed by atoms with van der Waals surface area (Å²) in [5.74, 6) is 0. The van der Waals surface area contributed by atoms with Gasteiger partial charge < -0.3 is 0 Å². The van der Waals surface area contributed by atoms with E-state index in [4.69, 9.17) is 11.6 Å². The minimum atomic E-state index is 0.144. The van der Waals surface area contributed by atoms with E-state index in [0.717, 1.165) is 17.0 Å². The second-order valence-corrected chi connectivity index (χ2v) is 6.24. The fraction of sp³-hybridized carbons (Fsp3) is 0.294. The molecular weight excluding hydrogens is 320 g/mol. The fourth-order valence-corrected chi connectivity index (χ4v) is 3.24. The Labute approximate surface area is 128 Å². The Hall–Kier alpha value is -0.790. The molecule has 1 unspecified atom stereocenters. The molecule has 19 heavy (non-hydrogen) atoms. The van der Waals surface area contributed by atoms with E-state index in [9.17, 15) is 0 Å². The zero-order chi connectivity index (χ0) is 14.0. The number of hydrogen-bond acceptors (Lipinski definition) is 0. The molecule has 2 aromatic rings. The molecule has 0 aromatic heterocycles. The summed E-state index contributed by atoms with van der Waals surface area (Å²) in [5, 5.41) is 0.824. The first-order chi connectivity index (χ1) is 9.02. The molecule has 0 bridgehead atoms. The minimum absolute atomic E-state index is 0.144. The van der Waals surface area contributed by atoms with Gasteiger partial charge >= 0.3 is 0 Å². The summed E-state index contributed by atoms with van der Waals surface area (Å²) in [7, 11) is 0. The molecule has 0 radical (unpaired) electrons. The SMILES string of the molecule is CCc1ccc(C(Br)c2cc(C)c(C)cc2Cl)cc1. The number of halogens is 2. The van der Waals surface area contributed by atoms with E-state index in [0.29, 0.717) is 0 Å². The van der Waals surface area contributed by atoms with Gasteiger partial charge in [0.25, 0.3) is 0 Å². The van der Waals surface area contributed by atoms with Gasteiger partial charge in [-0.15, -0.1) is 0 Å². The van der Waals surface area contributed by atoms with E-state index in [1.54, 1.807) is 0 Å². The highest BCUT2D eigenvalue weighted by Gasteiger charge is 2.14. The average Bonchev–Trinajstić information content (AvgIpc) is 2.42. The molecule has 0 heterocycles. The molecule has 100 valence electrons. The van der Waals surface area contributed by atoms with Crippen LogP contribution in [0.3, 0.4) is 0 Å². The Morgan fingerprint density at radius 2 is 1.63 bits per heavy atom. The molecule has 0 aliphatic carbocycles. The Kier molecular flexibility index (Phi) is 4.70. The van der Waals surface area contributed by atoms with Crippen LogP contribution in [0.1, 0.15) is 39.6 Å². The van der Waals surface area contributed by atoms with Crippen molar-refractivity contribution in [2.75, 3.05) is 0 Å². The molecule has 0 N–H and O–H groups in total. The summed E-state index contributed by atoms with van der Waals surface area (Å²) in [5.41, 5.74) is 6.23. The molecule has 2 rings (SSSR count). The van der Waals surface area contributed by atoms with Crippen molar-refractivity contribution in [3.8, 4) is 0 Å². The lowest BCUT2D eigenvalue weighted by atomic mass is 9.99. The highest BCUT2D eigenvalue weighted by molar-refractivity contribution is 9.09. The molecule has 0 saturated heterocycles. The van der Waals surface area contributed by atoms with Crippen LogP contribution in [0.25, 0.3) is 0 Å². The molecule has 0 aliphatic heterocycles. The molecule has 1 atom stereocenters. The largest absolute Gasteiger partial charge is 0.0840 e. The maximum Gasteiger partial charge on any atom is 0.0659 e. The summed E-state index contributed by atoms with van der Waals surface area (Å²) >= 11 is 10.1. The van der Waals surface area contributed by atoms with Crippen LogP contribution < -0.4 is 0 Å². The molecular formula is C17H18BrCl. The first kappa shape index (κ1) is 14.6. The van der Waals surface area contributed by atoms with Crippen molar-refractivity contribution in [2.45, 2.75) is 32.0 Å². The van der Waals surface area contributed by atoms with Crippen molar-refractivity contribution < 1.29 is 0 Å². The number of hydrogen-bond donors (Lipinski definition) is 0. The Morgan fingerprint density at radius 3 is 2.21 bits per heavy atom. The van der Waals surface area contributed by atoms with Gasteiger partial charge in [-0.25, -0.2) is 0 Å². The van der Waals surface area contributed by atoms with E-state index in [1.807, 2.05) is 6.07 Å². The van der Waals surface area contributed by atoms with Crippen molar-refractivity contribution in [1.29, 1.82) is 0 Å². The van der Waals surface area contributed by atoms with E-state index >= 15 is 0 Å². The third-order valence-corrected chi connectivity index (χ3v) is 4.92. The van der Waals surface area contributed by atoms with Crippen molar-refractivity contribution >= 4 is 27.5 Å². The van der Waals surface area contributed by atoms with Crippen LogP contribution in [0.4, 0.5) is 0 Å². The monoisotopic (exact) mass is 336 g/mol. The molecule has 0 nitrogen and oxygen atoms in total. The lowest BCUT2D eigenvalue weighted by Crippen LogP contribution is -1.96. The van der Waals surface area contributed by atoms with Crippen LogP contribution in [0, 0.1) is 13.8 Å². The van der Waals surface area contributed by atoms with E-state index < -0.39 is 0 Å². The average molecular weight is 338 g/mol. The standard InChI is InChI=1S/C17H18BrCl/c1-4-13-5-7-14(8-6-13)17(18)15-9-11(2)12(3)10-16(15)19/h5-10,17H,4H2,1-3H3. The van der Waals surface area contributed by atoms with Crippen LogP contribution >= 0.6 is 27.5 Å². The second-order valence-electron chi connectivity index (χ2n) is 4.92. The predicted octanol–water partition coefficient (Wildman–Crippen LogP) is 6.00. The predicted molar refractivity (Wildman–Crippen MR) is 87.5 cm³/mol. The van der Waals surface area contributed by atoms with Crippen LogP contribution in [0.2, 0.25) is 5.02 Å². The van der Waals surface area contributed by atoms with Gasteiger partial charge in [0.2, 0.25) is 0 Å². The molecule has 2 heteroatoms. The number of benzene rings is 2. The Bertz CT molecular complexity index is 573. The first-order valence-electron chi connectivity index (χ1n) is 6.52. The maximum absolute atomic E-state index is 6.37. The summed E-state index contributed by atoms with van der Waals surface area (Å²) in [4.78, 5) is 0.144. The van der Waals surface area contributed by atoms with Crippen molar-refractivity contribution in [2.24, 2.45) is 0 Å². The summed E-state index contributed by atoms with van der Waals surface area (Å²) in [6.45, 7) is 6.38. The quantitative estimate of drug-likeness (QED) is 0.602. The second kappa shape index (κ2) is 6.11. The molecule has 0 aliphatic rings. The van der Waals surface area contributed by atoms with Crippen LogP contribution in [0.5, 0.6) is 0 Å². The van der Waals surface area contributed by atoms with Crippen molar-refractivity contribution in [1.82, 2.24) is 0 Å². The van der Waals surface area contributed by atoms with Gasteiger partial charge in [-0.3, -0.25) is 0 Å². The van der Waals surface area contributed by atoms with Gasteiger partial charge in [-0.2, -0.15) is 0 Å². The van der Waals surface area contributed by atoms with Crippen LogP contribution in [-0.4, -0.2) is 0 Å². The topological polar surface area (TPSA) is 0 Å². The molecule has 0 fully saturated rings. The van der Waals surface area contributed by atoms with Crippen molar-refractivity contribution in [3.05, 3.63) is 69.2 Å². The lowest BCUT2D eigenvalue weighted by molar-refractivity contribution is 1.11. The van der Waals surface area contributed by atoms with Gasteiger partial charge in [0, 0.05) is 5.02 Å². The summed E-state index contributed by atoms with van der Waals surface area (Å²) in [6, 6.07) is 12.9. The Balaban J connectivity index is 2.37. The summed E-state index contributed by atoms with van der Waals surface area (Å²) < 4.78 is 0. The highest BCUT2D eigenvalue weighted by Crippen LogP contribution is 2.36. The minimum Gasteiger partial charge on any atom is -0.0840 e. The zero-order valence-corrected chi connectivity index (χ0v) is 13.8. The van der Waals surface area contributed by atoms with Crippen LogP contribution in [-0.2, 0) is 6.42 Å². The van der Waals surface area contributed by atoms with Crippen LogP contribution in [0.15, 0.2) is 36.4 Å². The molecule has 0 amide bonds. The van der Waals surface area contributed by atoms with Crippen molar-refractivity contribution in [3.63, 3.8) is 0 Å². The number of alkyl halides is 1. The zero-order valence-electron chi connectivity index (χ0n) is 11.5. The van der Waals surface area contributed by atoms with E-state index in [2.05, 4.69) is 67.0 Å². The normalized spacial score (nSPS) is 12.5. The first-order valence-corrected chi connectivity index (χ1v) is 7.81. The smallest absolute Gasteiger partial charge is 0.0659 e. The van der Waals surface area contributed by atoms with E-state index in [1.165, 1.54) is 22.3 Å².